The molecule has 2 aromatic rings. The summed E-state index contributed by atoms with van der Waals surface area (Å²) in [6.07, 6.45) is 1.73. The Hall–Kier alpha value is -2.18. The minimum atomic E-state index is -0.730. The smallest absolute Gasteiger partial charge is 0.274 e. The Labute approximate surface area is 129 Å². The summed E-state index contributed by atoms with van der Waals surface area (Å²) in [4.78, 5) is 13.8. The second-order valence-corrected chi connectivity index (χ2v) is 5.77. The largest absolute Gasteiger partial charge is 0.396 e. The number of benzene rings is 1. The van der Waals surface area contributed by atoms with E-state index in [1.54, 1.807) is 30.9 Å². The molecule has 0 fully saturated rings. The van der Waals surface area contributed by atoms with Crippen LogP contribution in [0.15, 0.2) is 42.6 Å². The highest BCUT2D eigenvalue weighted by Crippen LogP contribution is 2.17. The lowest BCUT2D eigenvalue weighted by Crippen LogP contribution is -2.41. The molecule has 22 heavy (non-hydrogen) atoms. The number of nitrogens with zero attached hydrogens (tertiary/aromatic N) is 3. The van der Waals surface area contributed by atoms with Crippen LogP contribution < -0.4 is 0 Å². The first-order chi connectivity index (χ1) is 10.5. The van der Waals surface area contributed by atoms with Crippen LogP contribution in [0.3, 0.4) is 0 Å². The molecule has 1 aromatic carbocycles. The molecule has 0 radical (unpaired) electrons. The van der Waals surface area contributed by atoms with Crippen molar-refractivity contribution in [2.24, 2.45) is 5.41 Å². The molecule has 1 heterocycles. The topological polar surface area (TPSA) is 78.6 Å². The highest BCUT2D eigenvalue weighted by Gasteiger charge is 2.27. The number of carbonyl (C=O) groups is 1. The normalized spacial score (nSPS) is 11.5. The number of carbonyl (C=O) groups excluding carboxylic acids is 1. The molecule has 0 aliphatic rings. The highest BCUT2D eigenvalue weighted by molar-refractivity contribution is 5.92. The molecule has 1 aromatic heterocycles. The van der Waals surface area contributed by atoms with Gasteiger partial charge in [0.1, 0.15) is 0 Å². The number of rotatable bonds is 6. The third-order valence-corrected chi connectivity index (χ3v) is 3.56. The van der Waals surface area contributed by atoms with E-state index in [0.29, 0.717) is 5.69 Å². The predicted molar refractivity (Wildman–Crippen MR) is 82.8 cm³/mol. The van der Waals surface area contributed by atoms with Gasteiger partial charge in [0.15, 0.2) is 5.69 Å². The molecule has 118 valence electrons. The molecule has 0 atom stereocenters. The van der Waals surface area contributed by atoms with Gasteiger partial charge in [-0.3, -0.25) is 4.79 Å². The fourth-order valence-electron chi connectivity index (χ4n) is 2.15. The standard InChI is InChI=1S/C16H21N3O3/c1-16(11-20,12-21)10-18(2)15(22)14-8-9-19(17-14)13-6-4-3-5-7-13/h3-9,20-21H,10-12H2,1-2H3. The summed E-state index contributed by atoms with van der Waals surface area (Å²) in [6.45, 7) is 1.58. The molecule has 0 unspecified atom stereocenters. The third kappa shape index (κ3) is 3.52. The Kier molecular flexibility index (Phi) is 4.95. The second kappa shape index (κ2) is 6.72. The zero-order valence-corrected chi connectivity index (χ0v) is 12.8. The first-order valence-corrected chi connectivity index (χ1v) is 7.07. The number of aliphatic hydroxyl groups excluding tert-OH is 2. The average molecular weight is 303 g/mol. The maximum absolute atomic E-state index is 12.4. The van der Waals surface area contributed by atoms with Crippen LogP contribution in [0.2, 0.25) is 0 Å². The van der Waals surface area contributed by atoms with Crippen molar-refractivity contribution in [3.05, 3.63) is 48.3 Å². The molecule has 0 aliphatic heterocycles. The predicted octanol–water partition coefficient (Wildman–Crippen LogP) is 0.935. The lowest BCUT2D eigenvalue weighted by molar-refractivity contribution is 0.0363. The van der Waals surface area contributed by atoms with Crippen molar-refractivity contribution in [1.82, 2.24) is 14.7 Å². The van der Waals surface area contributed by atoms with E-state index >= 15 is 0 Å². The van der Waals surface area contributed by atoms with Gasteiger partial charge in [-0.25, -0.2) is 4.68 Å². The van der Waals surface area contributed by atoms with Gasteiger partial charge in [-0.2, -0.15) is 5.10 Å². The van der Waals surface area contributed by atoms with Crippen molar-refractivity contribution in [3.8, 4) is 5.69 Å². The van der Waals surface area contributed by atoms with Crippen LogP contribution in [0.4, 0.5) is 0 Å². The number of aliphatic hydroxyl groups is 2. The Morgan fingerprint density at radius 2 is 1.86 bits per heavy atom. The minimum Gasteiger partial charge on any atom is -0.396 e. The lowest BCUT2D eigenvalue weighted by Gasteiger charge is -2.29. The first kappa shape index (κ1) is 16.2. The molecule has 2 N–H and O–H groups in total. The van der Waals surface area contributed by atoms with E-state index in [4.69, 9.17) is 0 Å². The van der Waals surface area contributed by atoms with Crippen LogP contribution in [0.25, 0.3) is 5.69 Å². The van der Waals surface area contributed by atoms with E-state index in [9.17, 15) is 15.0 Å². The number of amides is 1. The van der Waals surface area contributed by atoms with Gasteiger partial charge >= 0.3 is 0 Å². The van der Waals surface area contributed by atoms with Crippen molar-refractivity contribution in [1.29, 1.82) is 0 Å². The van der Waals surface area contributed by atoms with Crippen LogP contribution in [0.1, 0.15) is 17.4 Å². The van der Waals surface area contributed by atoms with Crippen molar-refractivity contribution in [2.75, 3.05) is 26.8 Å². The SMILES string of the molecule is CN(CC(C)(CO)CO)C(=O)c1ccn(-c2ccccc2)n1. The van der Waals surface area contributed by atoms with E-state index in [1.807, 2.05) is 30.3 Å². The van der Waals surface area contributed by atoms with Crippen LogP contribution in [0, 0.1) is 5.41 Å². The van der Waals surface area contributed by atoms with E-state index in [2.05, 4.69) is 5.10 Å². The van der Waals surface area contributed by atoms with Crippen molar-refractivity contribution < 1.29 is 15.0 Å². The zero-order valence-electron chi connectivity index (χ0n) is 12.8. The van der Waals surface area contributed by atoms with E-state index in [1.165, 1.54) is 4.90 Å². The molecule has 1 amide bonds. The maximum atomic E-state index is 12.4. The summed E-state index contributed by atoms with van der Waals surface area (Å²) in [5, 5.41) is 22.9. The molecule has 2 rings (SSSR count). The third-order valence-electron chi connectivity index (χ3n) is 3.56. The second-order valence-electron chi connectivity index (χ2n) is 5.77. The number of aromatic nitrogens is 2. The first-order valence-electron chi connectivity index (χ1n) is 7.07. The summed E-state index contributed by atoms with van der Waals surface area (Å²) >= 11 is 0. The highest BCUT2D eigenvalue weighted by atomic mass is 16.3. The number of para-hydroxylation sites is 1. The molecular weight excluding hydrogens is 282 g/mol. The van der Waals surface area contributed by atoms with Gasteiger partial charge in [-0.05, 0) is 18.2 Å². The summed E-state index contributed by atoms with van der Waals surface area (Å²) in [5.41, 5.74) is 0.469. The summed E-state index contributed by atoms with van der Waals surface area (Å²) in [7, 11) is 1.63. The number of hydrogen-bond donors (Lipinski definition) is 2. The van der Waals surface area contributed by atoms with Crippen LogP contribution in [0.5, 0.6) is 0 Å². The Balaban J connectivity index is 2.12. The van der Waals surface area contributed by atoms with E-state index in [0.717, 1.165) is 5.69 Å². The number of hydrogen-bond acceptors (Lipinski definition) is 4. The average Bonchev–Trinajstić information content (AvgIpc) is 3.04. The van der Waals surface area contributed by atoms with Gasteiger partial charge < -0.3 is 15.1 Å². The van der Waals surface area contributed by atoms with Crippen LogP contribution in [-0.2, 0) is 0 Å². The van der Waals surface area contributed by atoms with Gasteiger partial charge in [0.05, 0.1) is 18.9 Å². The summed E-state index contributed by atoms with van der Waals surface area (Å²) in [6, 6.07) is 11.2. The molecular formula is C16H21N3O3. The van der Waals surface area contributed by atoms with Crippen LogP contribution in [-0.4, -0.2) is 57.6 Å². The maximum Gasteiger partial charge on any atom is 0.274 e. The molecule has 0 saturated heterocycles. The Morgan fingerprint density at radius 1 is 1.23 bits per heavy atom. The Bertz CT molecular complexity index is 621. The van der Waals surface area contributed by atoms with Gasteiger partial charge in [-0.1, -0.05) is 25.1 Å². The summed E-state index contributed by atoms with van der Waals surface area (Å²) < 4.78 is 1.64. The van der Waals surface area contributed by atoms with Crippen LogP contribution >= 0.6 is 0 Å². The molecule has 6 nitrogen and oxygen atoms in total. The van der Waals surface area contributed by atoms with Gasteiger partial charge in [0.2, 0.25) is 0 Å². The van der Waals surface area contributed by atoms with Crippen molar-refractivity contribution in [3.63, 3.8) is 0 Å². The van der Waals surface area contributed by atoms with Crippen molar-refractivity contribution in [2.45, 2.75) is 6.92 Å². The van der Waals surface area contributed by atoms with E-state index in [-0.39, 0.29) is 25.7 Å². The summed E-state index contributed by atoms with van der Waals surface area (Å²) in [5.74, 6) is -0.247. The van der Waals surface area contributed by atoms with Crippen molar-refractivity contribution >= 4 is 5.91 Å². The lowest BCUT2D eigenvalue weighted by atomic mass is 9.92. The molecule has 0 bridgehead atoms. The fraction of sp³-hybridized carbons (Fsp3) is 0.375. The minimum absolute atomic E-state index is 0.195. The molecule has 0 aliphatic carbocycles. The van der Waals surface area contributed by atoms with Gasteiger partial charge in [0.25, 0.3) is 5.91 Å². The molecule has 0 spiro atoms. The quantitative estimate of drug-likeness (QED) is 0.832. The van der Waals surface area contributed by atoms with Gasteiger partial charge in [0, 0.05) is 25.2 Å². The molecule has 6 heteroatoms. The molecule has 0 saturated carbocycles. The fourth-order valence-corrected chi connectivity index (χ4v) is 2.15. The zero-order chi connectivity index (χ0) is 16.2. The van der Waals surface area contributed by atoms with E-state index < -0.39 is 5.41 Å². The monoisotopic (exact) mass is 303 g/mol. The Morgan fingerprint density at radius 3 is 2.45 bits per heavy atom. The van der Waals surface area contributed by atoms with Gasteiger partial charge in [-0.15, -0.1) is 0 Å².